The van der Waals surface area contributed by atoms with E-state index >= 15 is 0 Å². The Morgan fingerprint density at radius 2 is 1.52 bits per heavy atom. The molecule has 0 saturated heterocycles. The van der Waals surface area contributed by atoms with Gasteiger partial charge < -0.3 is 5.32 Å². The summed E-state index contributed by atoms with van der Waals surface area (Å²) in [7, 11) is -7.10. The molecular formula is C16H16F3N3O5S2. The van der Waals surface area contributed by atoms with Gasteiger partial charge in [0.2, 0.25) is 10.0 Å². The number of anilines is 1. The molecule has 2 aromatic carbocycles. The number of sulfonamides is 2. The van der Waals surface area contributed by atoms with Crippen molar-refractivity contribution in [2.45, 2.75) is 16.0 Å². The van der Waals surface area contributed by atoms with E-state index in [4.69, 9.17) is 0 Å². The topological polar surface area (TPSA) is 121 Å². The number of carbonyl (C=O) groups excluding carboxylic acids is 1. The molecule has 0 atom stereocenters. The van der Waals surface area contributed by atoms with E-state index in [-0.39, 0.29) is 16.1 Å². The van der Waals surface area contributed by atoms with E-state index in [0.717, 1.165) is 25.2 Å². The smallest absolute Gasteiger partial charge is 0.343 e. The van der Waals surface area contributed by atoms with Gasteiger partial charge in [0, 0.05) is 0 Å². The molecule has 2 aromatic rings. The predicted molar refractivity (Wildman–Crippen MR) is 98.3 cm³/mol. The maximum absolute atomic E-state index is 12.6. The normalized spacial score (nSPS) is 12.4. The zero-order valence-corrected chi connectivity index (χ0v) is 16.5. The van der Waals surface area contributed by atoms with Crippen LogP contribution in [0.15, 0.2) is 58.3 Å². The average Bonchev–Trinajstić information content (AvgIpc) is 2.66. The number of amides is 1. The van der Waals surface area contributed by atoms with Gasteiger partial charge in [0.05, 0.1) is 21.0 Å². The van der Waals surface area contributed by atoms with Crippen molar-refractivity contribution in [2.75, 3.05) is 18.3 Å². The lowest BCUT2D eigenvalue weighted by Crippen LogP contribution is -2.34. The number of hydrogen-bond donors (Lipinski definition) is 3. The number of benzene rings is 2. The molecule has 2 rings (SSSR count). The Morgan fingerprint density at radius 3 is 2.10 bits per heavy atom. The molecule has 13 heteroatoms. The molecule has 1 amide bonds. The van der Waals surface area contributed by atoms with Crippen LogP contribution in [0.25, 0.3) is 0 Å². The van der Waals surface area contributed by atoms with Gasteiger partial charge in [0.15, 0.2) is 0 Å². The van der Waals surface area contributed by atoms with Gasteiger partial charge in [0.25, 0.3) is 15.9 Å². The summed E-state index contributed by atoms with van der Waals surface area (Å²) in [5.41, 5.74) is -0.603. The van der Waals surface area contributed by atoms with E-state index < -0.39 is 43.6 Å². The minimum atomic E-state index is -4.64. The summed E-state index contributed by atoms with van der Waals surface area (Å²) < 4.78 is 90.0. The fourth-order valence-electron chi connectivity index (χ4n) is 2.18. The first-order valence-corrected chi connectivity index (χ1v) is 10.8. The number of nitrogens with one attached hydrogen (secondary N) is 3. The van der Waals surface area contributed by atoms with Crippen LogP contribution in [0.2, 0.25) is 0 Å². The molecule has 0 bridgehead atoms. The molecule has 0 heterocycles. The standard InChI is InChI=1S/C16H16F3N3O5S2/c1-20-28(24,25)11-5-4-6-12(9-11)29(26,27)22-14-8-3-2-7-13(14)15(23)21-10-16(17,18)19/h2-9,20,22H,10H2,1H3,(H,21,23). The molecule has 158 valence electrons. The maximum atomic E-state index is 12.6. The second-order valence-corrected chi connectivity index (χ2v) is 9.20. The molecule has 8 nitrogen and oxygen atoms in total. The third-order valence-corrected chi connectivity index (χ3v) is 6.34. The SMILES string of the molecule is CNS(=O)(=O)c1cccc(S(=O)(=O)Nc2ccccc2C(=O)NCC(F)(F)F)c1. The highest BCUT2D eigenvalue weighted by molar-refractivity contribution is 7.93. The van der Waals surface area contributed by atoms with Crippen molar-refractivity contribution >= 4 is 31.6 Å². The van der Waals surface area contributed by atoms with Crippen LogP contribution in [-0.2, 0) is 20.0 Å². The molecule has 3 N–H and O–H groups in total. The van der Waals surface area contributed by atoms with E-state index in [1.54, 1.807) is 5.32 Å². The molecule has 0 spiro atoms. The summed E-state index contributed by atoms with van der Waals surface area (Å²) >= 11 is 0. The van der Waals surface area contributed by atoms with Gasteiger partial charge in [-0.05, 0) is 37.4 Å². The Morgan fingerprint density at radius 1 is 0.931 bits per heavy atom. The van der Waals surface area contributed by atoms with Gasteiger partial charge in [0.1, 0.15) is 6.54 Å². The van der Waals surface area contributed by atoms with E-state index in [0.29, 0.717) is 0 Å². The molecule has 0 aromatic heterocycles. The Bertz CT molecular complexity index is 1120. The van der Waals surface area contributed by atoms with Gasteiger partial charge in [-0.1, -0.05) is 18.2 Å². The number of alkyl halides is 3. The number of halogens is 3. The molecule has 0 aliphatic rings. The quantitative estimate of drug-likeness (QED) is 0.592. The lowest BCUT2D eigenvalue weighted by atomic mass is 10.1. The monoisotopic (exact) mass is 451 g/mol. The first-order valence-electron chi connectivity index (χ1n) is 7.86. The van der Waals surface area contributed by atoms with Gasteiger partial charge in [-0.3, -0.25) is 9.52 Å². The minimum Gasteiger partial charge on any atom is -0.343 e. The second kappa shape index (κ2) is 8.39. The third-order valence-electron chi connectivity index (χ3n) is 3.56. The van der Waals surface area contributed by atoms with Crippen molar-refractivity contribution in [1.29, 1.82) is 0 Å². The van der Waals surface area contributed by atoms with Crippen molar-refractivity contribution in [3.8, 4) is 0 Å². The van der Waals surface area contributed by atoms with Crippen LogP contribution in [-0.4, -0.2) is 42.5 Å². The summed E-state index contributed by atoms with van der Waals surface area (Å²) in [5, 5.41) is 1.66. The van der Waals surface area contributed by atoms with E-state index in [9.17, 15) is 34.8 Å². The molecule has 0 aliphatic carbocycles. The Hall–Kier alpha value is -2.64. The largest absolute Gasteiger partial charge is 0.405 e. The average molecular weight is 451 g/mol. The lowest BCUT2D eigenvalue weighted by molar-refractivity contribution is -0.123. The second-order valence-electron chi connectivity index (χ2n) is 5.63. The van der Waals surface area contributed by atoms with Crippen molar-refractivity contribution < 1.29 is 34.8 Å². The number of hydrogen-bond acceptors (Lipinski definition) is 5. The molecule has 29 heavy (non-hydrogen) atoms. The zero-order valence-electron chi connectivity index (χ0n) is 14.8. The van der Waals surface area contributed by atoms with Gasteiger partial charge in [-0.2, -0.15) is 13.2 Å². The first kappa shape index (κ1) is 22.6. The summed E-state index contributed by atoms with van der Waals surface area (Å²) in [5.74, 6) is -1.13. The van der Waals surface area contributed by atoms with Crippen LogP contribution in [0.3, 0.4) is 0 Å². The number of rotatable bonds is 7. The summed E-state index contributed by atoms with van der Waals surface area (Å²) in [6.45, 7) is -1.59. The lowest BCUT2D eigenvalue weighted by Gasteiger charge is -2.14. The highest BCUT2D eigenvalue weighted by Crippen LogP contribution is 2.22. The zero-order chi connectivity index (χ0) is 21.9. The first-order chi connectivity index (χ1) is 13.4. The third kappa shape index (κ3) is 5.92. The predicted octanol–water partition coefficient (Wildman–Crippen LogP) is 1.69. The Kier molecular flexibility index (Phi) is 6.55. The van der Waals surface area contributed by atoms with E-state index in [2.05, 4.69) is 4.72 Å². The Labute approximate surface area is 165 Å². The summed E-state index contributed by atoms with van der Waals surface area (Å²) in [6, 6.07) is 9.48. The Balaban J connectivity index is 2.35. The van der Waals surface area contributed by atoms with Gasteiger partial charge in [-0.15, -0.1) is 0 Å². The highest BCUT2D eigenvalue weighted by Gasteiger charge is 2.28. The minimum absolute atomic E-state index is 0.269. The van der Waals surface area contributed by atoms with E-state index in [1.165, 1.54) is 30.3 Å². The number of carbonyl (C=O) groups is 1. The van der Waals surface area contributed by atoms with Crippen LogP contribution in [0.1, 0.15) is 10.4 Å². The molecule has 0 saturated carbocycles. The molecule has 0 fully saturated rings. The van der Waals surface area contributed by atoms with Crippen LogP contribution in [0.5, 0.6) is 0 Å². The van der Waals surface area contributed by atoms with Crippen molar-refractivity contribution in [2.24, 2.45) is 0 Å². The van der Waals surface area contributed by atoms with Crippen molar-refractivity contribution in [1.82, 2.24) is 10.0 Å². The molecular weight excluding hydrogens is 435 g/mol. The highest BCUT2D eigenvalue weighted by atomic mass is 32.2. The summed E-state index contributed by atoms with van der Waals surface area (Å²) in [6.07, 6.45) is -4.64. The van der Waals surface area contributed by atoms with Crippen molar-refractivity contribution in [3.63, 3.8) is 0 Å². The number of para-hydroxylation sites is 1. The van der Waals surface area contributed by atoms with Crippen LogP contribution < -0.4 is 14.8 Å². The molecule has 0 aliphatic heterocycles. The maximum Gasteiger partial charge on any atom is 0.405 e. The van der Waals surface area contributed by atoms with Gasteiger partial charge >= 0.3 is 6.18 Å². The fraction of sp³-hybridized carbons (Fsp3) is 0.188. The summed E-state index contributed by atoms with van der Waals surface area (Å²) in [4.78, 5) is 11.3. The fourth-order valence-corrected chi connectivity index (χ4v) is 4.15. The van der Waals surface area contributed by atoms with Crippen LogP contribution in [0.4, 0.5) is 18.9 Å². The molecule has 0 radical (unpaired) electrons. The van der Waals surface area contributed by atoms with E-state index in [1.807, 2.05) is 4.72 Å². The van der Waals surface area contributed by atoms with Crippen LogP contribution in [0, 0.1) is 0 Å². The van der Waals surface area contributed by atoms with Gasteiger partial charge in [-0.25, -0.2) is 21.6 Å². The van der Waals surface area contributed by atoms with Crippen molar-refractivity contribution in [3.05, 3.63) is 54.1 Å². The van der Waals surface area contributed by atoms with Crippen LogP contribution >= 0.6 is 0 Å². The molecule has 0 unspecified atom stereocenters.